The maximum atomic E-state index is 11.2. The van der Waals surface area contributed by atoms with Crippen LogP contribution in [-0.2, 0) is 10.0 Å². The topological polar surface area (TPSA) is 139 Å². The lowest BCUT2D eigenvalue weighted by Crippen LogP contribution is -2.24. The number of hydrogen-bond donors (Lipinski definition) is 5. The van der Waals surface area contributed by atoms with E-state index in [-0.39, 0.29) is 17.1 Å². The predicted molar refractivity (Wildman–Crippen MR) is 63.8 cm³/mol. The third kappa shape index (κ3) is 3.56. The molecule has 0 heterocycles. The summed E-state index contributed by atoms with van der Waals surface area (Å²) in [6, 6.07) is 4.32. The molecular weight excluding hydrogens is 246 g/mol. The lowest BCUT2D eigenvalue weighted by Gasteiger charge is -2.13. The van der Waals surface area contributed by atoms with Gasteiger partial charge >= 0.3 is 0 Å². The molecule has 7 nitrogen and oxygen atoms in total. The van der Waals surface area contributed by atoms with E-state index in [0.29, 0.717) is 5.69 Å². The van der Waals surface area contributed by atoms with E-state index < -0.39 is 22.7 Å². The van der Waals surface area contributed by atoms with Crippen molar-refractivity contribution in [3.05, 3.63) is 18.2 Å². The highest BCUT2D eigenvalue weighted by Gasteiger charge is 2.14. The molecular formula is C9H15N3O4S. The first-order valence-corrected chi connectivity index (χ1v) is 6.35. The summed E-state index contributed by atoms with van der Waals surface area (Å²) in [5.74, 6) is 0. The van der Waals surface area contributed by atoms with Gasteiger partial charge in [-0.2, -0.15) is 0 Å². The van der Waals surface area contributed by atoms with E-state index in [4.69, 9.17) is 21.1 Å². The maximum absolute atomic E-state index is 11.2. The molecule has 0 aliphatic heterocycles. The van der Waals surface area contributed by atoms with Crippen LogP contribution in [0.15, 0.2) is 23.1 Å². The number of nitrogens with one attached hydrogen (secondary N) is 1. The summed E-state index contributed by atoms with van der Waals surface area (Å²) in [7, 11) is -3.88. The molecule has 7 N–H and O–H groups in total. The third-order valence-corrected chi connectivity index (χ3v) is 3.08. The van der Waals surface area contributed by atoms with Gasteiger partial charge in [0.05, 0.1) is 24.1 Å². The number of nitrogens with two attached hydrogens (primary N) is 2. The molecule has 0 amide bonds. The van der Waals surface area contributed by atoms with Gasteiger partial charge in [-0.15, -0.1) is 0 Å². The van der Waals surface area contributed by atoms with Crippen molar-refractivity contribution in [2.24, 2.45) is 5.14 Å². The number of anilines is 2. The smallest absolute Gasteiger partial charge is 0.240 e. The van der Waals surface area contributed by atoms with Crippen LogP contribution in [0, 0.1) is 0 Å². The number of benzene rings is 1. The van der Waals surface area contributed by atoms with Crippen molar-refractivity contribution in [1.82, 2.24) is 0 Å². The Morgan fingerprint density at radius 2 is 2.06 bits per heavy atom. The molecule has 1 atom stereocenters. The molecule has 0 saturated heterocycles. The normalized spacial score (nSPS) is 13.4. The summed E-state index contributed by atoms with van der Waals surface area (Å²) in [5.41, 5.74) is 5.95. The summed E-state index contributed by atoms with van der Waals surface area (Å²) in [6.45, 7) is -0.351. The zero-order chi connectivity index (χ0) is 13.1. The maximum Gasteiger partial charge on any atom is 0.240 e. The Balaban J connectivity index is 2.96. The largest absolute Gasteiger partial charge is 0.396 e. The van der Waals surface area contributed by atoms with Crippen LogP contribution in [-0.4, -0.2) is 37.9 Å². The minimum Gasteiger partial charge on any atom is -0.396 e. The number of hydrogen-bond acceptors (Lipinski definition) is 6. The zero-order valence-corrected chi connectivity index (χ0v) is 9.81. The highest BCUT2D eigenvalue weighted by atomic mass is 32.2. The van der Waals surface area contributed by atoms with Crippen molar-refractivity contribution in [3.8, 4) is 0 Å². The Kier molecular flexibility index (Phi) is 4.29. The Hall–Kier alpha value is -1.35. The molecule has 0 aromatic heterocycles. The molecule has 1 aromatic rings. The van der Waals surface area contributed by atoms with Gasteiger partial charge in [-0.05, 0) is 12.1 Å². The lowest BCUT2D eigenvalue weighted by molar-refractivity contribution is 0.105. The summed E-state index contributed by atoms with van der Waals surface area (Å²) in [4.78, 5) is -0.180. The molecule has 0 aliphatic rings. The number of aliphatic hydroxyl groups excluding tert-OH is 2. The second-order valence-corrected chi connectivity index (χ2v) is 5.01. The first-order chi connectivity index (χ1) is 7.86. The van der Waals surface area contributed by atoms with E-state index in [1.165, 1.54) is 12.1 Å². The predicted octanol–water partition coefficient (Wildman–Crippen LogP) is -1.32. The lowest BCUT2D eigenvalue weighted by atomic mass is 10.2. The first-order valence-electron chi connectivity index (χ1n) is 4.80. The first kappa shape index (κ1) is 13.7. The van der Waals surface area contributed by atoms with Crippen molar-refractivity contribution in [1.29, 1.82) is 0 Å². The Morgan fingerprint density at radius 1 is 1.41 bits per heavy atom. The minimum atomic E-state index is -3.88. The van der Waals surface area contributed by atoms with Crippen LogP contribution >= 0.6 is 0 Å². The molecule has 1 rings (SSSR count). The van der Waals surface area contributed by atoms with Crippen molar-refractivity contribution < 1.29 is 18.6 Å². The van der Waals surface area contributed by atoms with Gasteiger partial charge in [0.15, 0.2) is 0 Å². The molecule has 0 radical (unpaired) electrons. The number of nitrogen functional groups attached to an aromatic ring is 1. The SMILES string of the molecule is Nc1c(NCC(O)CO)cccc1S(N)(=O)=O. The Bertz CT molecular complexity index is 489. The van der Waals surface area contributed by atoms with Crippen molar-refractivity contribution in [3.63, 3.8) is 0 Å². The molecule has 96 valence electrons. The van der Waals surface area contributed by atoms with Crippen LogP contribution in [0.25, 0.3) is 0 Å². The molecule has 0 spiro atoms. The number of sulfonamides is 1. The zero-order valence-electron chi connectivity index (χ0n) is 9.00. The van der Waals surface area contributed by atoms with E-state index in [1.807, 2.05) is 0 Å². The van der Waals surface area contributed by atoms with Gasteiger partial charge in [-0.3, -0.25) is 0 Å². The molecule has 8 heteroatoms. The molecule has 1 aromatic carbocycles. The standard InChI is InChI=1S/C9H15N3O4S/c10-9-7(12-4-6(14)5-13)2-1-3-8(9)17(11,15)16/h1-3,6,12-14H,4-5,10H2,(H2,11,15,16). The number of rotatable bonds is 5. The molecule has 0 saturated carbocycles. The highest BCUT2D eigenvalue weighted by Crippen LogP contribution is 2.25. The molecule has 17 heavy (non-hydrogen) atoms. The van der Waals surface area contributed by atoms with Crippen LogP contribution < -0.4 is 16.2 Å². The molecule has 0 fully saturated rings. The summed E-state index contributed by atoms with van der Waals surface area (Å²) in [6.07, 6.45) is -0.951. The fourth-order valence-electron chi connectivity index (χ4n) is 1.24. The Morgan fingerprint density at radius 3 is 2.59 bits per heavy atom. The second kappa shape index (κ2) is 5.32. The van der Waals surface area contributed by atoms with Gasteiger partial charge < -0.3 is 21.3 Å². The number of primary sulfonamides is 1. The van der Waals surface area contributed by atoms with Crippen LogP contribution in [0.3, 0.4) is 0 Å². The van der Waals surface area contributed by atoms with Crippen molar-refractivity contribution >= 4 is 21.4 Å². The highest BCUT2D eigenvalue weighted by molar-refractivity contribution is 7.89. The molecule has 0 aliphatic carbocycles. The van der Waals surface area contributed by atoms with Gasteiger partial charge in [0.1, 0.15) is 4.90 Å². The fraction of sp³-hybridized carbons (Fsp3) is 0.333. The van der Waals surface area contributed by atoms with Crippen molar-refractivity contribution in [2.45, 2.75) is 11.0 Å². The minimum absolute atomic E-state index is 0.0138. The van der Waals surface area contributed by atoms with Crippen LogP contribution in [0.2, 0.25) is 0 Å². The monoisotopic (exact) mass is 261 g/mol. The third-order valence-electron chi connectivity index (χ3n) is 2.11. The molecule has 1 unspecified atom stereocenters. The average Bonchev–Trinajstić information content (AvgIpc) is 2.25. The second-order valence-electron chi connectivity index (χ2n) is 3.48. The van der Waals surface area contributed by atoms with E-state index >= 15 is 0 Å². The van der Waals surface area contributed by atoms with Gasteiger partial charge in [0.2, 0.25) is 10.0 Å². The van der Waals surface area contributed by atoms with E-state index in [9.17, 15) is 8.42 Å². The fourth-order valence-corrected chi connectivity index (χ4v) is 1.92. The van der Waals surface area contributed by atoms with Crippen LogP contribution in [0.1, 0.15) is 0 Å². The van der Waals surface area contributed by atoms with Crippen LogP contribution in [0.4, 0.5) is 11.4 Å². The number of para-hydroxylation sites is 1. The molecule has 0 bridgehead atoms. The Labute approximate surface area is 99.1 Å². The van der Waals surface area contributed by atoms with E-state index in [2.05, 4.69) is 5.32 Å². The summed E-state index contributed by atoms with van der Waals surface area (Å²) in [5, 5.41) is 25.5. The van der Waals surface area contributed by atoms with Gasteiger partial charge in [-0.25, -0.2) is 13.6 Å². The van der Waals surface area contributed by atoms with E-state index in [0.717, 1.165) is 0 Å². The van der Waals surface area contributed by atoms with Gasteiger partial charge in [0, 0.05) is 6.54 Å². The average molecular weight is 261 g/mol. The van der Waals surface area contributed by atoms with Gasteiger partial charge in [-0.1, -0.05) is 6.07 Å². The van der Waals surface area contributed by atoms with Crippen molar-refractivity contribution in [2.75, 3.05) is 24.2 Å². The van der Waals surface area contributed by atoms with Crippen LogP contribution in [0.5, 0.6) is 0 Å². The quantitative estimate of drug-likeness (QED) is 0.417. The summed E-state index contributed by atoms with van der Waals surface area (Å²) < 4.78 is 22.4. The van der Waals surface area contributed by atoms with Gasteiger partial charge in [0.25, 0.3) is 0 Å². The van der Waals surface area contributed by atoms with E-state index in [1.54, 1.807) is 6.07 Å². The number of aliphatic hydroxyl groups is 2. The summed E-state index contributed by atoms with van der Waals surface area (Å²) >= 11 is 0.